The topological polar surface area (TPSA) is 55.8 Å². The number of alkyl halides is 2. The second-order valence-electron chi connectivity index (χ2n) is 6.21. The summed E-state index contributed by atoms with van der Waals surface area (Å²) in [5.74, 6) is -1.08. The molecular weight excluding hydrogens is 388 g/mol. The molecule has 0 N–H and O–H groups in total. The summed E-state index contributed by atoms with van der Waals surface area (Å²) >= 11 is 1.71. The zero-order valence-corrected chi connectivity index (χ0v) is 16.0. The molecular formula is C20H19F2NO4S. The molecule has 1 heterocycles. The summed E-state index contributed by atoms with van der Waals surface area (Å²) < 4.78 is 33.7. The molecule has 0 saturated heterocycles. The molecule has 8 heteroatoms. The van der Waals surface area contributed by atoms with Crippen molar-refractivity contribution in [1.82, 2.24) is 0 Å². The molecule has 2 aromatic rings. The Bertz CT molecular complexity index is 844. The van der Waals surface area contributed by atoms with Gasteiger partial charge in [0.2, 0.25) is 0 Å². The van der Waals surface area contributed by atoms with Gasteiger partial charge in [0.1, 0.15) is 5.75 Å². The molecule has 2 aromatic carbocycles. The third-order valence-corrected chi connectivity index (χ3v) is 5.42. The van der Waals surface area contributed by atoms with E-state index in [1.165, 1.54) is 24.3 Å². The lowest BCUT2D eigenvalue weighted by atomic mass is 10.2. The second-order valence-corrected chi connectivity index (χ2v) is 7.69. The molecule has 0 radical (unpaired) electrons. The Morgan fingerprint density at radius 1 is 1.18 bits per heavy atom. The smallest absolute Gasteiger partial charge is 0.387 e. The van der Waals surface area contributed by atoms with Crippen LogP contribution in [0, 0.1) is 0 Å². The van der Waals surface area contributed by atoms with Gasteiger partial charge in [-0.2, -0.15) is 8.78 Å². The average Bonchev–Trinajstić information content (AvgIpc) is 2.84. The minimum atomic E-state index is -2.94. The van der Waals surface area contributed by atoms with E-state index < -0.39 is 19.2 Å². The van der Waals surface area contributed by atoms with Crippen LogP contribution in [0.2, 0.25) is 0 Å². The molecule has 1 unspecified atom stereocenters. The van der Waals surface area contributed by atoms with E-state index in [0.29, 0.717) is 11.8 Å². The van der Waals surface area contributed by atoms with E-state index in [1.54, 1.807) is 16.7 Å². The van der Waals surface area contributed by atoms with Gasteiger partial charge in [0.05, 0.1) is 11.3 Å². The fraction of sp³-hybridized carbons (Fsp3) is 0.300. The summed E-state index contributed by atoms with van der Waals surface area (Å²) in [6.45, 7) is -0.688. The maximum Gasteiger partial charge on any atom is 0.387 e. The molecule has 0 aromatic heterocycles. The molecule has 28 heavy (non-hydrogen) atoms. The highest BCUT2D eigenvalue weighted by atomic mass is 32.2. The zero-order valence-electron chi connectivity index (χ0n) is 15.1. The van der Waals surface area contributed by atoms with Crippen LogP contribution in [0.15, 0.2) is 53.4 Å². The number of thioether (sulfide) groups is 1. The third-order valence-electron chi connectivity index (χ3n) is 4.19. The van der Waals surface area contributed by atoms with Crippen LogP contribution in [0.1, 0.15) is 23.7 Å². The molecule has 0 saturated carbocycles. The molecule has 0 bridgehead atoms. The lowest BCUT2D eigenvalue weighted by Crippen LogP contribution is -2.35. The van der Waals surface area contributed by atoms with E-state index in [-0.39, 0.29) is 17.2 Å². The molecule has 3 rings (SSSR count). The van der Waals surface area contributed by atoms with Gasteiger partial charge < -0.3 is 14.4 Å². The lowest BCUT2D eigenvalue weighted by Gasteiger charge is -2.22. The number of esters is 1. The molecule has 0 aliphatic carbocycles. The summed E-state index contributed by atoms with van der Waals surface area (Å²) in [6, 6.07) is 12.7. The van der Waals surface area contributed by atoms with Crippen LogP contribution < -0.4 is 9.64 Å². The summed E-state index contributed by atoms with van der Waals surface area (Å²) in [5.41, 5.74) is 0.960. The number of nitrogens with zero attached hydrogens (tertiary/aromatic N) is 1. The van der Waals surface area contributed by atoms with Crippen molar-refractivity contribution in [3.05, 3.63) is 54.1 Å². The highest BCUT2D eigenvalue weighted by Crippen LogP contribution is 2.37. The van der Waals surface area contributed by atoms with Crippen LogP contribution in [0.4, 0.5) is 14.5 Å². The number of carbonyl (C=O) groups excluding carboxylic acids is 2. The summed E-state index contributed by atoms with van der Waals surface area (Å²) in [4.78, 5) is 27.5. The number of rotatable bonds is 5. The van der Waals surface area contributed by atoms with Gasteiger partial charge >= 0.3 is 12.6 Å². The number of benzene rings is 2. The van der Waals surface area contributed by atoms with Crippen molar-refractivity contribution >= 4 is 29.3 Å². The molecule has 0 fully saturated rings. The minimum Gasteiger partial charge on any atom is -0.452 e. The Kier molecular flexibility index (Phi) is 6.51. The quantitative estimate of drug-likeness (QED) is 0.690. The van der Waals surface area contributed by atoms with Crippen LogP contribution >= 0.6 is 11.8 Å². The van der Waals surface area contributed by atoms with Crippen LogP contribution in [0.5, 0.6) is 5.75 Å². The van der Waals surface area contributed by atoms with Crippen molar-refractivity contribution in [3.8, 4) is 5.75 Å². The fourth-order valence-corrected chi connectivity index (χ4v) is 3.92. The first kappa shape index (κ1) is 20.1. The number of anilines is 1. The van der Waals surface area contributed by atoms with Crippen molar-refractivity contribution in [2.45, 2.75) is 30.1 Å². The van der Waals surface area contributed by atoms with Crippen LogP contribution in [-0.2, 0) is 9.53 Å². The molecule has 148 valence electrons. The number of fused-ring (bicyclic) bond motifs is 1. The normalized spacial score (nSPS) is 16.3. The number of ether oxygens (including phenoxy) is 2. The first-order valence-electron chi connectivity index (χ1n) is 8.72. The van der Waals surface area contributed by atoms with E-state index in [0.717, 1.165) is 17.0 Å². The van der Waals surface area contributed by atoms with Gasteiger partial charge in [0, 0.05) is 16.7 Å². The van der Waals surface area contributed by atoms with Crippen molar-refractivity contribution in [1.29, 1.82) is 0 Å². The molecule has 1 aliphatic heterocycles. The largest absolute Gasteiger partial charge is 0.452 e. The number of halogens is 2. The van der Waals surface area contributed by atoms with Crippen molar-refractivity contribution in [2.75, 3.05) is 18.1 Å². The Morgan fingerprint density at radius 3 is 2.61 bits per heavy atom. The Labute approximate surface area is 165 Å². The summed E-state index contributed by atoms with van der Waals surface area (Å²) in [7, 11) is 0. The first-order valence-corrected chi connectivity index (χ1v) is 9.60. The van der Waals surface area contributed by atoms with Crippen LogP contribution in [0.25, 0.3) is 0 Å². The monoisotopic (exact) mass is 407 g/mol. The number of carbonyl (C=O) groups is 2. The predicted molar refractivity (Wildman–Crippen MR) is 102 cm³/mol. The van der Waals surface area contributed by atoms with Gasteiger partial charge in [-0.25, -0.2) is 4.79 Å². The van der Waals surface area contributed by atoms with Crippen molar-refractivity contribution < 1.29 is 27.8 Å². The SMILES string of the molecule is CC1CCN(C(=O)COC(=O)c2ccc(OC(F)F)cc2)c2ccccc2S1. The highest BCUT2D eigenvalue weighted by Gasteiger charge is 2.25. The zero-order chi connectivity index (χ0) is 20.1. The summed E-state index contributed by atoms with van der Waals surface area (Å²) in [6.07, 6.45) is 0.824. The molecule has 1 atom stereocenters. The van der Waals surface area contributed by atoms with Crippen molar-refractivity contribution in [2.24, 2.45) is 0 Å². The van der Waals surface area contributed by atoms with Gasteiger partial charge in [-0.1, -0.05) is 19.1 Å². The fourth-order valence-electron chi connectivity index (χ4n) is 2.81. The van der Waals surface area contributed by atoms with Gasteiger partial charge in [-0.3, -0.25) is 4.79 Å². The number of para-hydroxylation sites is 1. The van der Waals surface area contributed by atoms with Gasteiger partial charge in [-0.15, -0.1) is 11.8 Å². The van der Waals surface area contributed by atoms with E-state index in [1.807, 2.05) is 24.3 Å². The molecule has 1 aliphatic rings. The summed E-state index contributed by atoms with van der Waals surface area (Å²) in [5, 5.41) is 0.371. The number of amides is 1. The van der Waals surface area contributed by atoms with Gasteiger partial charge in [0.25, 0.3) is 5.91 Å². The maximum absolute atomic E-state index is 12.7. The van der Waals surface area contributed by atoms with Crippen molar-refractivity contribution in [3.63, 3.8) is 0 Å². The van der Waals surface area contributed by atoms with Crippen LogP contribution in [-0.4, -0.2) is 36.9 Å². The molecule has 5 nitrogen and oxygen atoms in total. The lowest BCUT2D eigenvalue weighted by molar-refractivity contribution is -0.121. The average molecular weight is 407 g/mol. The van der Waals surface area contributed by atoms with Gasteiger partial charge in [0.15, 0.2) is 6.61 Å². The predicted octanol–water partition coefficient (Wildman–Crippen LogP) is 4.36. The third kappa shape index (κ3) is 5.01. The van der Waals surface area contributed by atoms with Crippen LogP contribution in [0.3, 0.4) is 0 Å². The van der Waals surface area contributed by atoms with E-state index in [2.05, 4.69) is 11.7 Å². The Balaban J connectivity index is 1.63. The maximum atomic E-state index is 12.7. The van der Waals surface area contributed by atoms with Gasteiger partial charge in [-0.05, 0) is 42.8 Å². The van der Waals surface area contributed by atoms with E-state index >= 15 is 0 Å². The number of hydrogen-bond donors (Lipinski definition) is 0. The second kappa shape index (κ2) is 9.05. The minimum absolute atomic E-state index is 0.0598. The van der Waals surface area contributed by atoms with E-state index in [4.69, 9.17) is 4.74 Å². The molecule has 1 amide bonds. The highest BCUT2D eigenvalue weighted by molar-refractivity contribution is 8.00. The Hall–Kier alpha value is -2.61. The Morgan fingerprint density at radius 2 is 1.89 bits per heavy atom. The number of hydrogen-bond acceptors (Lipinski definition) is 5. The molecule has 0 spiro atoms. The first-order chi connectivity index (χ1) is 13.4. The van der Waals surface area contributed by atoms with E-state index in [9.17, 15) is 18.4 Å². The standard InChI is InChI=1S/C20H19F2NO4S/c1-13-10-11-23(16-4-2-3-5-17(16)28-13)18(24)12-26-19(25)14-6-8-15(9-7-14)27-20(21)22/h2-9,13,20H,10-12H2,1H3.